The van der Waals surface area contributed by atoms with Gasteiger partial charge in [-0.15, -0.1) is 0 Å². The van der Waals surface area contributed by atoms with E-state index in [0.29, 0.717) is 18.7 Å². The van der Waals surface area contributed by atoms with Crippen molar-refractivity contribution in [3.8, 4) is 0 Å². The summed E-state index contributed by atoms with van der Waals surface area (Å²) in [6.07, 6.45) is 4.14. The molecule has 21 heavy (non-hydrogen) atoms. The van der Waals surface area contributed by atoms with E-state index in [9.17, 15) is 8.42 Å². The molecule has 2 rings (SSSR count). The standard InChI is InChI=1S/C13H19N5O2S/c1-18(2)21(19,20)11-5-3-4-10(13(11)14)15-7-6-12-16-8-9-17-12/h3-5,8-9,15H,6-7,14H2,1-2H3,(H,16,17). The van der Waals surface area contributed by atoms with Gasteiger partial charge in [0.1, 0.15) is 10.7 Å². The van der Waals surface area contributed by atoms with Crippen molar-refractivity contribution in [2.75, 3.05) is 31.7 Å². The third-order valence-electron chi connectivity index (χ3n) is 3.06. The second-order valence-electron chi connectivity index (χ2n) is 4.72. The van der Waals surface area contributed by atoms with Crippen LogP contribution in [0, 0.1) is 0 Å². The van der Waals surface area contributed by atoms with Crippen molar-refractivity contribution in [2.24, 2.45) is 0 Å². The van der Waals surface area contributed by atoms with Gasteiger partial charge in [-0.2, -0.15) is 0 Å². The number of sulfonamides is 1. The number of rotatable bonds is 6. The zero-order valence-corrected chi connectivity index (χ0v) is 12.8. The Bertz CT molecular complexity index is 695. The number of nitrogens with one attached hydrogen (secondary N) is 2. The number of aromatic nitrogens is 2. The lowest BCUT2D eigenvalue weighted by Crippen LogP contribution is -2.23. The molecule has 2 aromatic rings. The monoisotopic (exact) mass is 309 g/mol. The first-order valence-corrected chi connectivity index (χ1v) is 7.90. The van der Waals surface area contributed by atoms with Crippen molar-refractivity contribution in [1.29, 1.82) is 0 Å². The molecule has 0 saturated carbocycles. The summed E-state index contributed by atoms with van der Waals surface area (Å²) < 4.78 is 25.5. The van der Waals surface area contributed by atoms with E-state index in [0.717, 1.165) is 10.1 Å². The molecule has 114 valence electrons. The molecule has 0 radical (unpaired) electrons. The van der Waals surface area contributed by atoms with Crippen LogP contribution in [0.4, 0.5) is 11.4 Å². The Hall–Kier alpha value is -2.06. The van der Waals surface area contributed by atoms with Crippen LogP contribution in [0.5, 0.6) is 0 Å². The fraction of sp³-hybridized carbons (Fsp3) is 0.308. The van der Waals surface area contributed by atoms with Crippen LogP contribution in [0.25, 0.3) is 0 Å². The fourth-order valence-electron chi connectivity index (χ4n) is 1.87. The number of nitrogens with two attached hydrogens (primary N) is 1. The van der Waals surface area contributed by atoms with Gasteiger partial charge in [-0.1, -0.05) is 6.07 Å². The van der Waals surface area contributed by atoms with Gasteiger partial charge in [0.2, 0.25) is 10.0 Å². The van der Waals surface area contributed by atoms with Crippen LogP contribution in [0.15, 0.2) is 35.5 Å². The lowest BCUT2D eigenvalue weighted by molar-refractivity contribution is 0.521. The number of nitrogen functional groups attached to an aromatic ring is 1. The van der Waals surface area contributed by atoms with Crippen LogP contribution < -0.4 is 11.1 Å². The number of benzene rings is 1. The highest BCUT2D eigenvalue weighted by atomic mass is 32.2. The number of H-pyrrole nitrogens is 1. The number of hydrogen-bond acceptors (Lipinski definition) is 5. The third kappa shape index (κ3) is 3.34. The molecule has 1 aromatic carbocycles. The maximum absolute atomic E-state index is 12.2. The Kier molecular flexibility index (Phi) is 4.49. The summed E-state index contributed by atoms with van der Waals surface area (Å²) in [7, 11) is -0.593. The van der Waals surface area contributed by atoms with Gasteiger partial charge in [-0.3, -0.25) is 0 Å². The topological polar surface area (TPSA) is 104 Å². The van der Waals surface area contributed by atoms with Gasteiger partial charge in [0.25, 0.3) is 0 Å². The normalized spacial score (nSPS) is 11.8. The predicted octanol–water partition coefficient (Wildman–Crippen LogP) is 0.897. The van der Waals surface area contributed by atoms with Crippen LogP contribution in [0.3, 0.4) is 0 Å². The molecule has 0 saturated heterocycles. The summed E-state index contributed by atoms with van der Waals surface area (Å²) in [6, 6.07) is 4.93. The Balaban J connectivity index is 2.14. The number of anilines is 2. The van der Waals surface area contributed by atoms with E-state index in [1.807, 2.05) is 0 Å². The molecule has 0 aliphatic heterocycles. The summed E-state index contributed by atoms with van der Waals surface area (Å²) in [4.78, 5) is 7.23. The molecule has 1 aromatic heterocycles. The molecule has 0 bridgehead atoms. The Morgan fingerprint density at radius 3 is 2.76 bits per heavy atom. The second kappa shape index (κ2) is 6.15. The molecule has 0 spiro atoms. The zero-order valence-electron chi connectivity index (χ0n) is 12.0. The summed E-state index contributed by atoms with van der Waals surface area (Å²) in [5.74, 6) is 0.859. The van der Waals surface area contributed by atoms with Crippen molar-refractivity contribution in [3.63, 3.8) is 0 Å². The minimum Gasteiger partial charge on any atom is -0.396 e. The molecule has 0 atom stereocenters. The summed E-state index contributed by atoms with van der Waals surface area (Å²) in [5.41, 5.74) is 6.80. The van der Waals surface area contributed by atoms with Crippen molar-refractivity contribution in [2.45, 2.75) is 11.3 Å². The van der Waals surface area contributed by atoms with Gasteiger partial charge < -0.3 is 16.0 Å². The number of para-hydroxylation sites is 1. The molecule has 1 heterocycles. The molecular weight excluding hydrogens is 290 g/mol. The van der Waals surface area contributed by atoms with E-state index in [-0.39, 0.29) is 10.6 Å². The van der Waals surface area contributed by atoms with Crippen LogP contribution in [-0.2, 0) is 16.4 Å². The molecular formula is C13H19N5O2S. The minimum atomic E-state index is -3.55. The second-order valence-corrected chi connectivity index (χ2v) is 6.84. The van der Waals surface area contributed by atoms with Gasteiger partial charge in [0.05, 0.1) is 11.4 Å². The minimum absolute atomic E-state index is 0.107. The largest absolute Gasteiger partial charge is 0.396 e. The fourth-order valence-corrected chi connectivity index (χ4v) is 2.90. The average molecular weight is 309 g/mol. The van der Waals surface area contributed by atoms with E-state index < -0.39 is 10.0 Å². The van der Waals surface area contributed by atoms with E-state index in [1.165, 1.54) is 20.2 Å². The number of hydrogen-bond donors (Lipinski definition) is 3. The van der Waals surface area contributed by atoms with Gasteiger partial charge in [-0.25, -0.2) is 17.7 Å². The zero-order chi connectivity index (χ0) is 15.5. The predicted molar refractivity (Wildman–Crippen MR) is 82.5 cm³/mol. The third-order valence-corrected chi connectivity index (χ3v) is 4.93. The van der Waals surface area contributed by atoms with Crippen LogP contribution in [0.2, 0.25) is 0 Å². The average Bonchev–Trinajstić information content (AvgIpc) is 2.93. The number of aromatic amines is 1. The lowest BCUT2D eigenvalue weighted by atomic mass is 10.2. The van der Waals surface area contributed by atoms with Crippen LogP contribution >= 0.6 is 0 Å². The SMILES string of the molecule is CN(C)S(=O)(=O)c1cccc(NCCc2ncc[nH]2)c1N. The first kappa shape index (κ1) is 15.3. The van der Waals surface area contributed by atoms with Gasteiger partial charge in [0, 0.05) is 39.5 Å². The summed E-state index contributed by atoms with van der Waals surface area (Å²) >= 11 is 0. The maximum Gasteiger partial charge on any atom is 0.244 e. The Labute approximate surface area is 124 Å². The highest BCUT2D eigenvalue weighted by Crippen LogP contribution is 2.28. The molecule has 0 fully saturated rings. The first-order chi connectivity index (χ1) is 9.93. The number of nitrogens with zero attached hydrogens (tertiary/aromatic N) is 2. The molecule has 0 aliphatic rings. The summed E-state index contributed by atoms with van der Waals surface area (Å²) in [6.45, 7) is 0.600. The van der Waals surface area contributed by atoms with Crippen molar-refractivity contribution < 1.29 is 8.42 Å². The van der Waals surface area contributed by atoms with E-state index >= 15 is 0 Å². The molecule has 7 nitrogen and oxygen atoms in total. The maximum atomic E-state index is 12.2. The van der Waals surface area contributed by atoms with Crippen molar-refractivity contribution in [3.05, 3.63) is 36.4 Å². The quantitative estimate of drug-likeness (QED) is 0.688. The number of imidazole rings is 1. The van der Waals surface area contributed by atoms with E-state index in [4.69, 9.17) is 5.73 Å². The lowest BCUT2D eigenvalue weighted by Gasteiger charge is -2.16. The Morgan fingerprint density at radius 2 is 2.14 bits per heavy atom. The van der Waals surface area contributed by atoms with Gasteiger partial charge in [-0.05, 0) is 12.1 Å². The highest BCUT2D eigenvalue weighted by molar-refractivity contribution is 7.89. The first-order valence-electron chi connectivity index (χ1n) is 6.46. The molecule has 8 heteroatoms. The Morgan fingerprint density at radius 1 is 1.38 bits per heavy atom. The molecule has 0 amide bonds. The van der Waals surface area contributed by atoms with Gasteiger partial charge in [0.15, 0.2) is 0 Å². The summed E-state index contributed by atoms with van der Waals surface area (Å²) in [5, 5.41) is 3.13. The van der Waals surface area contributed by atoms with Gasteiger partial charge >= 0.3 is 0 Å². The molecule has 0 unspecified atom stereocenters. The smallest absolute Gasteiger partial charge is 0.244 e. The van der Waals surface area contributed by atoms with Crippen molar-refractivity contribution in [1.82, 2.24) is 14.3 Å². The van der Waals surface area contributed by atoms with E-state index in [2.05, 4.69) is 15.3 Å². The molecule has 4 N–H and O–H groups in total. The highest BCUT2D eigenvalue weighted by Gasteiger charge is 2.21. The molecule has 0 aliphatic carbocycles. The van der Waals surface area contributed by atoms with E-state index in [1.54, 1.807) is 24.5 Å². The van der Waals surface area contributed by atoms with Crippen LogP contribution in [0.1, 0.15) is 5.82 Å². The van der Waals surface area contributed by atoms with Crippen LogP contribution in [-0.4, -0.2) is 43.3 Å². The van der Waals surface area contributed by atoms with Crippen molar-refractivity contribution >= 4 is 21.4 Å².